The monoisotopic (exact) mass is 200 g/mol. The van der Waals surface area contributed by atoms with E-state index >= 15 is 0 Å². The van der Waals surface area contributed by atoms with Gasteiger partial charge in [0.15, 0.2) is 0 Å². The molecule has 0 bridgehead atoms. The quantitative estimate of drug-likeness (QED) is 0.757. The van der Waals surface area contributed by atoms with Gasteiger partial charge in [-0.1, -0.05) is 25.5 Å². The van der Waals surface area contributed by atoms with Crippen molar-refractivity contribution in [1.82, 2.24) is 0 Å². The smallest absolute Gasteiger partial charge is 0.357 e. The fourth-order valence-corrected chi connectivity index (χ4v) is 1.36. The molecule has 0 saturated carbocycles. The first kappa shape index (κ1) is 10.2. The summed E-state index contributed by atoms with van der Waals surface area (Å²) in [6.07, 6.45) is 2.11. The summed E-state index contributed by atoms with van der Waals surface area (Å²) in [5.41, 5.74) is 1.21. The molecule has 0 radical (unpaired) electrons. The molecular formula is C9H12O3S. The molecule has 0 spiro atoms. The Morgan fingerprint density at radius 1 is 1.38 bits per heavy atom. The van der Waals surface area contributed by atoms with Crippen LogP contribution in [0.3, 0.4) is 0 Å². The molecule has 0 aliphatic heterocycles. The van der Waals surface area contributed by atoms with Crippen molar-refractivity contribution in [3.05, 3.63) is 29.8 Å². The number of aryl methyl sites for hydroxylation is 1. The Kier molecular flexibility index (Phi) is 3.92. The van der Waals surface area contributed by atoms with Crippen LogP contribution in [0.2, 0.25) is 0 Å². The molecule has 72 valence electrons. The summed E-state index contributed by atoms with van der Waals surface area (Å²) in [6.45, 7) is 2.10. The molecule has 13 heavy (non-hydrogen) atoms. The van der Waals surface area contributed by atoms with Crippen LogP contribution >= 0.6 is 0 Å². The zero-order valence-corrected chi connectivity index (χ0v) is 8.21. The van der Waals surface area contributed by atoms with Gasteiger partial charge in [0.1, 0.15) is 5.75 Å². The van der Waals surface area contributed by atoms with Crippen molar-refractivity contribution in [2.75, 3.05) is 0 Å². The molecule has 1 rings (SSSR count). The average molecular weight is 200 g/mol. The molecule has 0 aliphatic rings. The summed E-state index contributed by atoms with van der Waals surface area (Å²) >= 11 is -2.23. The largest absolute Gasteiger partial charge is 0.380 e. The Morgan fingerprint density at radius 2 is 2.00 bits per heavy atom. The lowest BCUT2D eigenvalue weighted by Crippen LogP contribution is -1.97. The van der Waals surface area contributed by atoms with Crippen molar-refractivity contribution in [1.29, 1.82) is 0 Å². The molecule has 0 heterocycles. The maximum atomic E-state index is 10.3. The van der Waals surface area contributed by atoms with Crippen LogP contribution in [0.25, 0.3) is 0 Å². The van der Waals surface area contributed by atoms with Crippen LogP contribution in [0, 0.1) is 0 Å². The molecule has 1 unspecified atom stereocenters. The predicted octanol–water partition coefficient (Wildman–Crippen LogP) is 2.15. The highest BCUT2D eigenvalue weighted by atomic mass is 32.2. The number of hydrogen-bond acceptors (Lipinski definition) is 2. The Labute approximate surface area is 80.2 Å². The van der Waals surface area contributed by atoms with Crippen molar-refractivity contribution >= 4 is 11.4 Å². The average Bonchev–Trinajstić information content (AvgIpc) is 2.08. The van der Waals surface area contributed by atoms with Crippen molar-refractivity contribution in [3.63, 3.8) is 0 Å². The van der Waals surface area contributed by atoms with Crippen molar-refractivity contribution in [3.8, 4) is 5.75 Å². The highest BCUT2D eigenvalue weighted by Gasteiger charge is 1.97. The highest BCUT2D eigenvalue weighted by molar-refractivity contribution is 7.74. The van der Waals surface area contributed by atoms with Crippen LogP contribution in [0.1, 0.15) is 18.9 Å². The number of hydrogen-bond donors (Lipinski definition) is 1. The van der Waals surface area contributed by atoms with Crippen LogP contribution in [0.15, 0.2) is 24.3 Å². The van der Waals surface area contributed by atoms with E-state index in [1.165, 1.54) is 5.56 Å². The lowest BCUT2D eigenvalue weighted by atomic mass is 10.1. The van der Waals surface area contributed by atoms with E-state index in [2.05, 4.69) is 11.1 Å². The molecular weight excluding hydrogens is 188 g/mol. The zero-order valence-electron chi connectivity index (χ0n) is 7.40. The molecule has 1 N–H and O–H groups in total. The van der Waals surface area contributed by atoms with Gasteiger partial charge in [0, 0.05) is 0 Å². The topological polar surface area (TPSA) is 46.5 Å². The third-order valence-corrected chi connectivity index (χ3v) is 1.96. The van der Waals surface area contributed by atoms with Crippen molar-refractivity contribution < 1.29 is 12.9 Å². The fourth-order valence-electron chi connectivity index (χ4n) is 1.08. The molecule has 0 saturated heterocycles. The second kappa shape index (κ2) is 4.99. The van der Waals surface area contributed by atoms with Gasteiger partial charge in [0.05, 0.1) is 0 Å². The SMILES string of the molecule is CCCc1ccc(OS(=O)O)cc1. The van der Waals surface area contributed by atoms with Crippen LogP contribution in [0.5, 0.6) is 5.75 Å². The van der Waals surface area contributed by atoms with Crippen molar-refractivity contribution in [2.24, 2.45) is 0 Å². The molecule has 0 fully saturated rings. The third kappa shape index (κ3) is 3.57. The normalized spacial score (nSPS) is 12.5. The van der Waals surface area contributed by atoms with Gasteiger partial charge in [0.2, 0.25) is 0 Å². The van der Waals surface area contributed by atoms with E-state index in [4.69, 9.17) is 4.55 Å². The zero-order chi connectivity index (χ0) is 9.68. The van der Waals surface area contributed by atoms with Crippen LogP contribution in [0.4, 0.5) is 0 Å². The highest BCUT2D eigenvalue weighted by Crippen LogP contribution is 2.13. The maximum Gasteiger partial charge on any atom is 0.357 e. The molecule has 3 nitrogen and oxygen atoms in total. The Balaban J connectivity index is 2.64. The summed E-state index contributed by atoms with van der Waals surface area (Å²) in [7, 11) is 0. The van der Waals surface area contributed by atoms with Gasteiger partial charge >= 0.3 is 11.4 Å². The number of rotatable bonds is 4. The third-order valence-electron chi connectivity index (χ3n) is 1.63. The van der Waals surface area contributed by atoms with Gasteiger partial charge in [-0.05, 0) is 24.1 Å². The Hall–Kier alpha value is -0.870. The minimum Gasteiger partial charge on any atom is -0.380 e. The molecule has 4 heteroatoms. The summed E-state index contributed by atoms with van der Waals surface area (Å²) in [5.74, 6) is 0.417. The van der Waals surface area contributed by atoms with E-state index in [1.807, 2.05) is 12.1 Å². The van der Waals surface area contributed by atoms with E-state index in [0.717, 1.165) is 12.8 Å². The van der Waals surface area contributed by atoms with Gasteiger partial charge in [-0.15, -0.1) is 0 Å². The molecule has 0 amide bonds. The molecule has 1 aromatic carbocycles. The van der Waals surface area contributed by atoms with Crippen LogP contribution in [-0.4, -0.2) is 8.76 Å². The van der Waals surface area contributed by atoms with Gasteiger partial charge < -0.3 is 4.18 Å². The second-order valence-corrected chi connectivity index (χ2v) is 3.30. The van der Waals surface area contributed by atoms with E-state index in [0.29, 0.717) is 5.75 Å². The van der Waals surface area contributed by atoms with Gasteiger partial charge in [-0.2, -0.15) is 4.21 Å². The van der Waals surface area contributed by atoms with Gasteiger partial charge in [-0.25, -0.2) is 0 Å². The predicted molar refractivity (Wildman–Crippen MR) is 51.8 cm³/mol. The van der Waals surface area contributed by atoms with E-state index in [9.17, 15) is 4.21 Å². The van der Waals surface area contributed by atoms with E-state index < -0.39 is 11.4 Å². The molecule has 0 aromatic heterocycles. The first-order valence-corrected chi connectivity index (χ1v) is 5.13. The first-order valence-electron chi connectivity index (χ1n) is 4.10. The first-order chi connectivity index (χ1) is 6.22. The minimum absolute atomic E-state index is 0.417. The van der Waals surface area contributed by atoms with Crippen molar-refractivity contribution in [2.45, 2.75) is 19.8 Å². The molecule has 1 aromatic rings. The number of benzene rings is 1. The minimum atomic E-state index is -2.23. The van der Waals surface area contributed by atoms with E-state index in [-0.39, 0.29) is 0 Å². The van der Waals surface area contributed by atoms with Crippen LogP contribution < -0.4 is 4.18 Å². The van der Waals surface area contributed by atoms with Gasteiger partial charge in [-0.3, -0.25) is 4.55 Å². The van der Waals surface area contributed by atoms with Gasteiger partial charge in [0.25, 0.3) is 0 Å². The Morgan fingerprint density at radius 3 is 2.46 bits per heavy atom. The lowest BCUT2D eigenvalue weighted by molar-refractivity contribution is 0.458. The summed E-state index contributed by atoms with van der Waals surface area (Å²) in [5, 5.41) is 0. The summed E-state index contributed by atoms with van der Waals surface area (Å²) < 4.78 is 23.3. The lowest BCUT2D eigenvalue weighted by Gasteiger charge is -2.01. The standard InChI is InChI=1S/C9H12O3S/c1-2-3-8-4-6-9(7-5-8)12-13(10)11/h4-7H,2-3H2,1H3,(H,10,11). The summed E-state index contributed by atoms with van der Waals surface area (Å²) in [4.78, 5) is 0. The van der Waals surface area contributed by atoms with E-state index in [1.54, 1.807) is 12.1 Å². The van der Waals surface area contributed by atoms with Crippen LogP contribution in [-0.2, 0) is 17.8 Å². The fraction of sp³-hybridized carbons (Fsp3) is 0.333. The summed E-state index contributed by atoms with van der Waals surface area (Å²) in [6, 6.07) is 7.18. The maximum absolute atomic E-state index is 10.3. The second-order valence-electron chi connectivity index (χ2n) is 2.69. The molecule has 1 atom stereocenters. The molecule has 0 aliphatic carbocycles. The Bertz CT molecular complexity index is 281.